The van der Waals surface area contributed by atoms with Gasteiger partial charge in [-0.05, 0) is 42.0 Å². The number of rotatable bonds is 7. The number of amides is 3. The first-order chi connectivity index (χ1) is 16.5. The van der Waals surface area contributed by atoms with Crippen molar-refractivity contribution in [2.45, 2.75) is 13.5 Å². The quantitative estimate of drug-likeness (QED) is 0.356. The number of carbonyl (C=O) groups is 3. The van der Waals surface area contributed by atoms with Gasteiger partial charge in [0.2, 0.25) is 5.91 Å². The van der Waals surface area contributed by atoms with E-state index in [9.17, 15) is 14.4 Å². The summed E-state index contributed by atoms with van der Waals surface area (Å²) in [4.78, 5) is 40.4. The lowest BCUT2D eigenvalue weighted by molar-refractivity contribution is -0.119. The van der Waals surface area contributed by atoms with E-state index in [-0.39, 0.29) is 17.7 Å². The van der Waals surface area contributed by atoms with Crippen molar-refractivity contribution in [2.75, 3.05) is 10.6 Å². The minimum Gasteiger partial charge on any atom is -0.352 e. The molecule has 0 aliphatic carbocycles. The molecule has 0 spiro atoms. The molecule has 4 aromatic rings. The van der Waals surface area contributed by atoms with Crippen molar-refractivity contribution in [3.8, 4) is 11.3 Å². The second-order valence-corrected chi connectivity index (χ2v) is 8.35. The van der Waals surface area contributed by atoms with E-state index in [0.29, 0.717) is 28.5 Å². The summed E-state index contributed by atoms with van der Waals surface area (Å²) in [5.41, 5.74) is 4.28. The molecule has 8 heteroatoms. The number of anilines is 2. The number of aromatic nitrogens is 1. The lowest BCUT2D eigenvalue weighted by Gasteiger charge is -2.07. The molecular formula is C26H22N4O3S. The summed E-state index contributed by atoms with van der Waals surface area (Å²) in [6, 6.07) is 23.3. The largest absolute Gasteiger partial charge is 0.352 e. The molecule has 0 saturated carbocycles. The van der Waals surface area contributed by atoms with Crippen LogP contribution in [0.3, 0.4) is 0 Å². The number of hydrogen-bond donors (Lipinski definition) is 3. The van der Waals surface area contributed by atoms with Crippen LogP contribution < -0.4 is 16.0 Å². The molecule has 1 heterocycles. The first-order valence-corrected chi connectivity index (χ1v) is 11.4. The number of thiazole rings is 1. The molecule has 7 nitrogen and oxygen atoms in total. The van der Waals surface area contributed by atoms with Gasteiger partial charge in [0.15, 0.2) is 5.13 Å². The SMILES string of the molecule is CC(=O)NCc1ccc(-c2csc(NC(=O)c3ccc(NC(=O)c4ccccc4)cc3)n2)cc1. The molecule has 170 valence electrons. The van der Waals surface area contributed by atoms with Crippen molar-refractivity contribution in [1.82, 2.24) is 10.3 Å². The molecule has 3 aromatic carbocycles. The predicted octanol–water partition coefficient (Wildman–Crippen LogP) is 4.95. The van der Waals surface area contributed by atoms with Crippen molar-refractivity contribution in [3.63, 3.8) is 0 Å². The van der Waals surface area contributed by atoms with Gasteiger partial charge in [-0.3, -0.25) is 19.7 Å². The van der Waals surface area contributed by atoms with Crippen molar-refractivity contribution >= 4 is 39.9 Å². The van der Waals surface area contributed by atoms with Gasteiger partial charge in [-0.25, -0.2) is 4.98 Å². The molecule has 0 aliphatic heterocycles. The molecule has 3 amide bonds. The first-order valence-electron chi connectivity index (χ1n) is 10.5. The lowest BCUT2D eigenvalue weighted by atomic mass is 10.1. The van der Waals surface area contributed by atoms with Gasteiger partial charge in [-0.1, -0.05) is 42.5 Å². The molecule has 0 fully saturated rings. The standard InChI is InChI=1S/C26H22N4O3S/c1-17(31)27-15-18-7-9-19(10-8-18)23-16-34-26(29-23)30-25(33)21-11-13-22(14-12-21)28-24(32)20-5-3-2-4-6-20/h2-14,16H,15H2,1H3,(H,27,31)(H,28,32)(H,29,30,33). The highest BCUT2D eigenvalue weighted by Crippen LogP contribution is 2.25. The average Bonchev–Trinajstić information content (AvgIpc) is 3.32. The Morgan fingerprint density at radius 3 is 2.12 bits per heavy atom. The Morgan fingerprint density at radius 2 is 1.44 bits per heavy atom. The minimum atomic E-state index is -0.285. The lowest BCUT2D eigenvalue weighted by Crippen LogP contribution is -2.18. The van der Waals surface area contributed by atoms with Crippen LogP contribution in [0, 0.1) is 0 Å². The number of hydrogen-bond acceptors (Lipinski definition) is 5. The summed E-state index contributed by atoms with van der Waals surface area (Å²) < 4.78 is 0. The third-order valence-electron chi connectivity index (χ3n) is 4.96. The second kappa shape index (κ2) is 10.5. The number of carbonyl (C=O) groups excluding carboxylic acids is 3. The van der Waals surface area contributed by atoms with Crippen LogP contribution in [0.5, 0.6) is 0 Å². The van der Waals surface area contributed by atoms with Crippen molar-refractivity contribution < 1.29 is 14.4 Å². The fourth-order valence-corrected chi connectivity index (χ4v) is 3.87. The Balaban J connectivity index is 1.35. The molecule has 0 aliphatic rings. The Hall–Kier alpha value is -4.30. The fourth-order valence-electron chi connectivity index (χ4n) is 3.15. The highest BCUT2D eigenvalue weighted by Gasteiger charge is 2.11. The summed E-state index contributed by atoms with van der Waals surface area (Å²) in [7, 11) is 0. The average molecular weight is 471 g/mol. The van der Waals surface area contributed by atoms with Gasteiger partial charge in [-0.2, -0.15) is 0 Å². The molecule has 0 unspecified atom stereocenters. The van der Waals surface area contributed by atoms with Crippen LogP contribution in [-0.4, -0.2) is 22.7 Å². The fraction of sp³-hybridized carbons (Fsp3) is 0.0769. The summed E-state index contributed by atoms with van der Waals surface area (Å²) in [6.45, 7) is 1.96. The molecule has 0 radical (unpaired) electrons. The van der Waals surface area contributed by atoms with E-state index in [0.717, 1.165) is 16.8 Å². The van der Waals surface area contributed by atoms with E-state index in [2.05, 4.69) is 20.9 Å². The van der Waals surface area contributed by atoms with E-state index in [1.54, 1.807) is 48.5 Å². The molecule has 0 atom stereocenters. The summed E-state index contributed by atoms with van der Waals surface area (Å²) in [5.74, 6) is -0.570. The zero-order valence-corrected chi connectivity index (χ0v) is 19.2. The van der Waals surface area contributed by atoms with Gasteiger partial charge in [0.25, 0.3) is 11.8 Å². The van der Waals surface area contributed by atoms with Gasteiger partial charge in [-0.15, -0.1) is 11.3 Å². The third-order valence-corrected chi connectivity index (χ3v) is 5.71. The highest BCUT2D eigenvalue weighted by atomic mass is 32.1. The maximum Gasteiger partial charge on any atom is 0.257 e. The summed E-state index contributed by atoms with van der Waals surface area (Å²) >= 11 is 1.34. The van der Waals surface area contributed by atoms with Crippen LogP contribution >= 0.6 is 11.3 Å². The van der Waals surface area contributed by atoms with Gasteiger partial charge in [0, 0.05) is 41.2 Å². The predicted molar refractivity (Wildman–Crippen MR) is 134 cm³/mol. The molecule has 34 heavy (non-hydrogen) atoms. The first kappa shape index (κ1) is 22.9. The van der Waals surface area contributed by atoms with Gasteiger partial charge in [0.05, 0.1) is 5.69 Å². The second-order valence-electron chi connectivity index (χ2n) is 7.50. The number of nitrogens with one attached hydrogen (secondary N) is 3. The van der Waals surface area contributed by atoms with Crippen LogP contribution in [0.1, 0.15) is 33.2 Å². The van der Waals surface area contributed by atoms with E-state index >= 15 is 0 Å². The minimum absolute atomic E-state index is 0.0736. The zero-order chi connectivity index (χ0) is 23.9. The van der Waals surface area contributed by atoms with Gasteiger partial charge in [0.1, 0.15) is 0 Å². The Bertz CT molecular complexity index is 1300. The number of nitrogens with zero attached hydrogens (tertiary/aromatic N) is 1. The third kappa shape index (κ3) is 5.93. The molecule has 3 N–H and O–H groups in total. The Morgan fingerprint density at radius 1 is 0.794 bits per heavy atom. The van der Waals surface area contributed by atoms with E-state index in [1.807, 2.05) is 35.7 Å². The molecule has 4 rings (SSSR count). The molecule has 0 bridgehead atoms. The Labute approximate surface area is 200 Å². The zero-order valence-electron chi connectivity index (χ0n) is 18.4. The van der Waals surface area contributed by atoms with Crippen LogP contribution in [-0.2, 0) is 11.3 Å². The number of benzene rings is 3. The van der Waals surface area contributed by atoms with E-state index in [4.69, 9.17) is 0 Å². The molecule has 1 aromatic heterocycles. The molecule has 0 saturated heterocycles. The van der Waals surface area contributed by atoms with Gasteiger partial charge >= 0.3 is 0 Å². The Kier molecular flexibility index (Phi) is 7.10. The maximum atomic E-state index is 12.6. The van der Waals surface area contributed by atoms with Crippen molar-refractivity contribution in [1.29, 1.82) is 0 Å². The molecular weight excluding hydrogens is 448 g/mol. The van der Waals surface area contributed by atoms with Gasteiger partial charge < -0.3 is 10.6 Å². The normalized spacial score (nSPS) is 10.4. The smallest absolute Gasteiger partial charge is 0.257 e. The van der Waals surface area contributed by atoms with Crippen LogP contribution in [0.15, 0.2) is 84.2 Å². The maximum absolute atomic E-state index is 12.6. The van der Waals surface area contributed by atoms with E-state index < -0.39 is 0 Å². The highest BCUT2D eigenvalue weighted by molar-refractivity contribution is 7.14. The van der Waals surface area contributed by atoms with Crippen LogP contribution in [0.4, 0.5) is 10.8 Å². The van der Waals surface area contributed by atoms with Crippen LogP contribution in [0.2, 0.25) is 0 Å². The topological polar surface area (TPSA) is 100 Å². The monoisotopic (exact) mass is 470 g/mol. The van der Waals surface area contributed by atoms with Crippen LogP contribution in [0.25, 0.3) is 11.3 Å². The van der Waals surface area contributed by atoms with Crippen molar-refractivity contribution in [2.24, 2.45) is 0 Å². The van der Waals surface area contributed by atoms with Crippen molar-refractivity contribution in [3.05, 3.63) is 101 Å². The van der Waals surface area contributed by atoms with E-state index in [1.165, 1.54) is 18.3 Å². The summed E-state index contributed by atoms with van der Waals surface area (Å²) in [5, 5.41) is 10.8. The summed E-state index contributed by atoms with van der Waals surface area (Å²) in [6.07, 6.45) is 0.